The average Bonchev–Trinajstić information content (AvgIpc) is 3.33. The number of hydrogen-bond donors (Lipinski definition) is 2. The molecule has 0 atom stereocenters. The molecule has 144 valence electrons. The maximum absolute atomic E-state index is 12.4. The molecule has 2 N–H and O–H groups in total. The van der Waals surface area contributed by atoms with Gasteiger partial charge in [-0.3, -0.25) is 9.79 Å². The molecule has 27 heavy (non-hydrogen) atoms. The lowest BCUT2D eigenvalue weighted by Gasteiger charge is -2.16. The zero-order chi connectivity index (χ0) is 19.1. The number of aliphatic imine (C=N–C) groups is 1. The molecule has 1 aliphatic heterocycles. The average molecular weight is 385 g/mol. The molecule has 0 unspecified atom stereocenters. The van der Waals surface area contributed by atoms with E-state index in [-0.39, 0.29) is 5.91 Å². The first-order valence-corrected chi connectivity index (χ1v) is 10.4. The van der Waals surface area contributed by atoms with E-state index in [1.165, 1.54) is 20.9 Å². The van der Waals surface area contributed by atoms with Crippen molar-refractivity contribution in [1.29, 1.82) is 0 Å². The van der Waals surface area contributed by atoms with E-state index in [1.54, 1.807) is 7.05 Å². The molecule has 0 aliphatic carbocycles. The molecule has 0 radical (unpaired) electrons. The second-order valence-corrected chi connectivity index (χ2v) is 7.95. The van der Waals surface area contributed by atoms with E-state index in [0.29, 0.717) is 6.42 Å². The van der Waals surface area contributed by atoms with Gasteiger partial charge in [0.25, 0.3) is 0 Å². The number of rotatable bonds is 7. The minimum Gasteiger partial charge on any atom is -0.356 e. The van der Waals surface area contributed by atoms with E-state index in [0.717, 1.165) is 45.0 Å². The number of amides is 1. The van der Waals surface area contributed by atoms with E-state index in [4.69, 9.17) is 0 Å². The van der Waals surface area contributed by atoms with Crippen molar-refractivity contribution in [2.45, 2.75) is 45.8 Å². The van der Waals surface area contributed by atoms with E-state index < -0.39 is 0 Å². The highest BCUT2D eigenvalue weighted by Crippen LogP contribution is 2.22. The Hall–Kier alpha value is -2.34. The Bertz CT molecular complexity index is 774. The van der Waals surface area contributed by atoms with Gasteiger partial charge in [0.1, 0.15) is 0 Å². The van der Waals surface area contributed by atoms with Crippen LogP contribution in [0.4, 0.5) is 0 Å². The maximum atomic E-state index is 12.4. The number of nitrogens with one attached hydrogen (secondary N) is 2. The molecule has 1 amide bonds. The van der Waals surface area contributed by atoms with Gasteiger partial charge in [-0.05, 0) is 36.1 Å². The molecule has 1 aliphatic rings. The Labute approximate surface area is 165 Å². The minimum atomic E-state index is 0.224. The van der Waals surface area contributed by atoms with E-state index in [2.05, 4.69) is 46.8 Å². The molecule has 1 aromatic carbocycles. The van der Waals surface area contributed by atoms with Crippen molar-refractivity contribution < 1.29 is 4.79 Å². The van der Waals surface area contributed by atoms with E-state index >= 15 is 0 Å². The summed E-state index contributed by atoms with van der Waals surface area (Å²) in [6.07, 6.45) is 2.43. The Balaban J connectivity index is 1.34. The van der Waals surface area contributed by atoms with Crippen LogP contribution >= 0.6 is 11.3 Å². The largest absolute Gasteiger partial charge is 0.356 e. The molecular formula is C21H28N4OS. The van der Waals surface area contributed by atoms with Crippen LogP contribution in [0.25, 0.3) is 0 Å². The molecule has 3 rings (SSSR count). The van der Waals surface area contributed by atoms with Crippen LogP contribution in [0.5, 0.6) is 0 Å². The van der Waals surface area contributed by atoms with Gasteiger partial charge in [0.2, 0.25) is 5.91 Å². The molecule has 2 aromatic rings. The van der Waals surface area contributed by atoms with Gasteiger partial charge in [0, 0.05) is 42.9 Å². The number of hydrogen-bond acceptors (Lipinski definition) is 3. The predicted octanol–water partition coefficient (Wildman–Crippen LogP) is 3.30. The van der Waals surface area contributed by atoms with Gasteiger partial charge >= 0.3 is 0 Å². The number of guanidine groups is 1. The second kappa shape index (κ2) is 9.55. The third-order valence-corrected chi connectivity index (χ3v) is 6.00. The standard InChI is InChI=1S/C21H28N4OS/c1-3-18-10-11-19(27-18)13-24-21(22-2)23-12-6-9-20(26)25-14-16-7-4-5-8-17(16)15-25/h4-5,7-8,10-11H,3,6,9,12-15H2,1-2H3,(H2,22,23,24). The van der Waals surface area contributed by atoms with Crippen LogP contribution in [0.1, 0.15) is 40.6 Å². The Morgan fingerprint density at radius 3 is 2.44 bits per heavy atom. The Kier molecular flexibility index (Phi) is 6.87. The van der Waals surface area contributed by atoms with Crippen molar-refractivity contribution in [3.63, 3.8) is 0 Å². The number of fused-ring (bicyclic) bond motifs is 1. The van der Waals surface area contributed by atoms with Crippen LogP contribution in [0, 0.1) is 0 Å². The smallest absolute Gasteiger partial charge is 0.223 e. The highest BCUT2D eigenvalue weighted by Gasteiger charge is 2.22. The van der Waals surface area contributed by atoms with Crippen molar-refractivity contribution >= 4 is 23.2 Å². The third-order valence-electron chi connectivity index (χ3n) is 4.77. The predicted molar refractivity (Wildman–Crippen MR) is 112 cm³/mol. The summed E-state index contributed by atoms with van der Waals surface area (Å²) in [6, 6.07) is 12.6. The van der Waals surface area contributed by atoms with Crippen molar-refractivity contribution in [2.24, 2.45) is 4.99 Å². The topological polar surface area (TPSA) is 56.7 Å². The van der Waals surface area contributed by atoms with Crippen LogP contribution < -0.4 is 10.6 Å². The SMILES string of the molecule is CCc1ccc(CNC(=NC)NCCCC(=O)N2Cc3ccccc3C2)s1. The number of carbonyl (C=O) groups is 1. The first-order chi connectivity index (χ1) is 13.2. The summed E-state index contributed by atoms with van der Waals surface area (Å²) in [5, 5.41) is 6.63. The first-order valence-electron chi connectivity index (χ1n) is 9.56. The van der Waals surface area contributed by atoms with Crippen LogP contribution in [-0.2, 0) is 30.8 Å². The number of carbonyl (C=O) groups excluding carboxylic acids is 1. The van der Waals surface area contributed by atoms with E-state index in [1.807, 2.05) is 28.4 Å². The van der Waals surface area contributed by atoms with Gasteiger partial charge in [0.05, 0.1) is 6.54 Å². The summed E-state index contributed by atoms with van der Waals surface area (Å²) in [7, 11) is 1.77. The summed E-state index contributed by atoms with van der Waals surface area (Å²) < 4.78 is 0. The van der Waals surface area contributed by atoms with Crippen LogP contribution in [0.2, 0.25) is 0 Å². The molecule has 0 bridgehead atoms. The van der Waals surface area contributed by atoms with Gasteiger partial charge in [-0.15, -0.1) is 11.3 Å². The number of thiophene rings is 1. The molecule has 0 spiro atoms. The van der Waals surface area contributed by atoms with Gasteiger partial charge in [-0.25, -0.2) is 0 Å². The summed E-state index contributed by atoms with van der Waals surface area (Å²) in [5.74, 6) is 1.00. The Morgan fingerprint density at radius 1 is 1.11 bits per heavy atom. The number of nitrogens with zero attached hydrogens (tertiary/aromatic N) is 2. The van der Waals surface area contributed by atoms with Gasteiger partial charge in [0.15, 0.2) is 5.96 Å². The monoisotopic (exact) mass is 384 g/mol. The van der Waals surface area contributed by atoms with Crippen LogP contribution in [-0.4, -0.2) is 30.4 Å². The minimum absolute atomic E-state index is 0.224. The lowest BCUT2D eigenvalue weighted by atomic mass is 10.1. The molecule has 0 saturated carbocycles. The Morgan fingerprint density at radius 2 is 1.81 bits per heavy atom. The zero-order valence-corrected chi connectivity index (χ0v) is 16.9. The van der Waals surface area contributed by atoms with Gasteiger partial charge < -0.3 is 15.5 Å². The van der Waals surface area contributed by atoms with Crippen LogP contribution in [0.3, 0.4) is 0 Å². The second-order valence-electron chi connectivity index (χ2n) is 6.70. The fraction of sp³-hybridized carbons (Fsp3) is 0.429. The normalized spacial score (nSPS) is 13.6. The summed E-state index contributed by atoms with van der Waals surface area (Å²) in [4.78, 5) is 21.3. The lowest BCUT2D eigenvalue weighted by Crippen LogP contribution is -2.37. The van der Waals surface area contributed by atoms with Crippen molar-refractivity contribution in [1.82, 2.24) is 15.5 Å². The van der Waals surface area contributed by atoms with Crippen molar-refractivity contribution in [3.05, 3.63) is 57.3 Å². The van der Waals surface area contributed by atoms with E-state index in [9.17, 15) is 4.79 Å². The maximum Gasteiger partial charge on any atom is 0.223 e. The zero-order valence-electron chi connectivity index (χ0n) is 16.1. The van der Waals surface area contributed by atoms with Crippen molar-refractivity contribution in [3.8, 4) is 0 Å². The lowest BCUT2D eigenvalue weighted by molar-refractivity contribution is -0.131. The highest BCUT2D eigenvalue weighted by atomic mass is 32.1. The molecular weight excluding hydrogens is 356 g/mol. The third kappa shape index (κ3) is 5.32. The summed E-state index contributed by atoms with van der Waals surface area (Å²) in [5.41, 5.74) is 2.54. The first kappa shape index (κ1) is 19.4. The van der Waals surface area contributed by atoms with Crippen molar-refractivity contribution in [2.75, 3.05) is 13.6 Å². The molecule has 1 aromatic heterocycles. The quantitative estimate of drug-likeness (QED) is 0.437. The fourth-order valence-corrected chi connectivity index (χ4v) is 4.11. The summed E-state index contributed by atoms with van der Waals surface area (Å²) >= 11 is 1.83. The summed E-state index contributed by atoms with van der Waals surface area (Å²) in [6.45, 7) is 5.16. The molecule has 0 fully saturated rings. The van der Waals surface area contributed by atoms with Gasteiger partial charge in [-0.2, -0.15) is 0 Å². The highest BCUT2D eigenvalue weighted by molar-refractivity contribution is 7.11. The van der Waals surface area contributed by atoms with Gasteiger partial charge in [-0.1, -0.05) is 31.2 Å². The number of benzene rings is 1. The molecule has 0 saturated heterocycles. The molecule has 6 heteroatoms. The fourth-order valence-electron chi connectivity index (χ4n) is 3.21. The molecule has 5 nitrogen and oxygen atoms in total. The molecule has 2 heterocycles. The van der Waals surface area contributed by atoms with Crippen LogP contribution in [0.15, 0.2) is 41.4 Å². The number of aryl methyl sites for hydroxylation is 1.